The molecule has 0 spiro atoms. The zero-order chi connectivity index (χ0) is 22.3. The van der Waals surface area contributed by atoms with Crippen LogP contribution in [0.3, 0.4) is 0 Å². The molecule has 4 rings (SSSR count). The number of ketones is 1. The summed E-state index contributed by atoms with van der Waals surface area (Å²) in [7, 11) is 0. The lowest BCUT2D eigenvalue weighted by molar-refractivity contribution is -0.168. The van der Waals surface area contributed by atoms with Crippen molar-refractivity contribution in [2.24, 2.45) is 5.92 Å². The third-order valence-corrected chi connectivity index (χ3v) is 5.96. The van der Waals surface area contributed by atoms with E-state index in [9.17, 15) is 22.8 Å². The Labute approximate surface area is 184 Å². The predicted molar refractivity (Wildman–Crippen MR) is 112 cm³/mol. The number of hydrogen-bond donors (Lipinski definition) is 1. The number of halogens is 4. The van der Waals surface area contributed by atoms with Gasteiger partial charge in [0.15, 0.2) is 11.6 Å². The minimum atomic E-state index is -4.46. The largest absolute Gasteiger partial charge is 0.391 e. The molecule has 2 aromatic rings. The van der Waals surface area contributed by atoms with Crippen molar-refractivity contribution < 1.29 is 22.8 Å². The summed E-state index contributed by atoms with van der Waals surface area (Å²) in [6.45, 7) is 2.30. The van der Waals surface area contributed by atoms with E-state index in [0.717, 1.165) is 17.9 Å². The van der Waals surface area contributed by atoms with E-state index in [1.165, 1.54) is 17.2 Å². The zero-order valence-electron chi connectivity index (χ0n) is 16.5. The van der Waals surface area contributed by atoms with E-state index in [1.54, 1.807) is 18.2 Å². The molecule has 2 bridgehead atoms. The van der Waals surface area contributed by atoms with Crippen molar-refractivity contribution in [2.45, 2.75) is 32.0 Å². The highest BCUT2D eigenvalue weighted by Gasteiger charge is 2.41. The number of carbonyl (C=O) groups is 2. The Kier molecular flexibility index (Phi) is 5.63. The highest BCUT2D eigenvalue weighted by Crippen LogP contribution is 2.39. The number of amides is 2. The average Bonchev–Trinajstić information content (AvgIpc) is 3.11. The third kappa shape index (κ3) is 4.36. The van der Waals surface area contributed by atoms with Gasteiger partial charge >= 0.3 is 12.2 Å². The maximum absolute atomic E-state index is 13.1. The monoisotopic (exact) mass is 497 g/mol. The van der Waals surface area contributed by atoms with Crippen LogP contribution in [0.15, 0.2) is 34.9 Å². The lowest BCUT2D eigenvalue weighted by Gasteiger charge is -2.35. The molecule has 1 N–H and O–H groups in total. The van der Waals surface area contributed by atoms with Crippen molar-refractivity contribution in [3.05, 3.63) is 40.6 Å². The number of carbonyl (C=O) groups excluding carboxylic acids is 2. The summed E-state index contributed by atoms with van der Waals surface area (Å²) in [6, 6.07) is 5.82. The molecule has 11 heteroatoms. The van der Waals surface area contributed by atoms with Gasteiger partial charge in [-0.2, -0.15) is 13.2 Å². The van der Waals surface area contributed by atoms with Crippen LogP contribution in [0.5, 0.6) is 0 Å². The average molecular weight is 498 g/mol. The molecule has 0 aliphatic carbocycles. The molecular weight excluding hydrogens is 479 g/mol. The molecular formula is C20H19BrF3N5O2. The first kappa shape index (κ1) is 21.5. The normalized spacial score (nSPS) is 18.5. The molecule has 7 nitrogen and oxygen atoms in total. The summed E-state index contributed by atoms with van der Waals surface area (Å²) in [5, 5.41) is 2.73. The van der Waals surface area contributed by atoms with E-state index in [4.69, 9.17) is 0 Å². The summed E-state index contributed by atoms with van der Waals surface area (Å²) in [5.74, 6) is -1.88. The summed E-state index contributed by atoms with van der Waals surface area (Å²) in [6.07, 6.45) is -2.91. The topological polar surface area (TPSA) is 78.4 Å². The van der Waals surface area contributed by atoms with Gasteiger partial charge in [0.2, 0.25) is 0 Å². The molecule has 2 atom stereocenters. The Hall–Kier alpha value is -2.69. The highest BCUT2D eigenvalue weighted by atomic mass is 79.9. The SMILES string of the molecule is C[C@H](CC(=O)c1ccc2c(n1)N(C(=O)Nc1cc(Br)ccn1)[C@H]1CCN2C1)C(F)(F)F. The fraction of sp³-hybridized carbons (Fsp3) is 0.400. The molecule has 4 heterocycles. The van der Waals surface area contributed by atoms with Gasteiger partial charge in [0, 0.05) is 30.2 Å². The molecule has 2 aliphatic rings. The second kappa shape index (κ2) is 8.10. The number of aromatic nitrogens is 2. The van der Waals surface area contributed by atoms with Gasteiger partial charge in [0.1, 0.15) is 11.5 Å². The van der Waals surface area contributed by atoms with Crippen LogP contribution in [0.4, 0.5) is 35.3 Å². The number of urea groups is 1. The van der Waals surface area contributed by atoms with Crippen LogP contribution >= 0.6 is 15.9 Å². The van der Waals surface area contributed by atoms with Gasteiger partial charge < -0.3 is 4.90 Å². The van der Waals surface area contributed by atoms with E-state index < -0.39 is 30.3 Å². The Morgan fingerprint density at radius 2 is 2.10 bits per heavy atom. The van der Waals surface area contributed by atoms with Crippen LogP contribution in [0.25, 0.3) is 0 Å². The maximum atomic E-state index is 13.1. The van der Waals surface area contributed by atoms with Gasteiger partial charge in [-0.25, -0.2) is 14.8 Å². The molecule has 1 fully saturated rings. The minimum absolute atomic E-state index is 0.0873. The first-order valence-corrected chi connectivity index (χ1v) is 10.5. The predicted octanol–water partition coefficient (Wildman–Crippen LogP) is 4.64. The number of nitrogens with zero attached hydrogens (tertiary/aromatic N) is 4. The van der Waals surface area contributed by atoms with Gasteiger partial charge in [-0.1, -0.05) is 22.9 Å². The van der Waals surface area contributed by atoms with E-state index in [-0.39, 0.29) is 17.6 Å². The number of pyridine rings is 2. The fourth-order valence-corrected chi connectivity index (χ4v) is 4.10. The smallest absolute Gasteiger partial charge is 0.366 e. The van der Waals surface area contributed by atoms with Crippen LogP contribution in [0.1, 0.15) is 30.3 Å². The molecule has 2 aliphatic heterocycles. The van der Waals surface area contributed by atoms with Crippen LogP contribution in [0.2, 0.25) is 0 Å². The molecule has 0 unspecified atom stereocenters. The van der Waals surface area contributed by atoms with Crippen molar-refractivity contribution in [1.29, 1.82) is 0 Å². The van der Waals surface area contributed by atoms with Crippen LogP contribution in [-0.4, -0.2) is 47.1 Å². The van der Waals surface area contributed by atoms with Gasteiger partial charge in [-0.15, -0.1) is 0 Å². The highest BCUT2D eigenvalue weighted by molar-refractivity contribution is 9.10. The summed E-state index contributed by atoms with van der Waals surface area (Å²) >= 11 is 3.32. The minimum Gasteiger partial charge on any atom is -0.366 e. The molecule has 1 saturated heterocycles. The first-order valence-electron chi connectivity index (χ1n) is 9.71. The van der Waals surface area contributed by atoms with Crippen molar-refractivity contribution in [3.8, 4) is 0 Å². The zero-order valence-corrected chi connectivity index (χ0v) is 18.1. The molecule has 2 aromatic heterocycles. The summed E-state index contributed by atoms with van der Waals surface area (Å²) in [5.41, 5.74) is 0.585. The second-order valence-corrected chi connectivity index (χ2v) is 8.57. The molecule has 2 amide bonds. The van der Waals surface area contributed by atoms with Crippen molar-refractivity contribution in [2.75, 3.05) is 28.2 Å². The van der Waals surface area contributed by atoms with Crippen molar-refractivity contribution in [1.82, 2.24) is 9.97 Å². The number of alkyl halides is 3. The lowest BCUT2D eigenvalue weighted by atomic mass is 10.0. The first-order chi connectivity index (χ1) is 14.6. The molecule has 31 heavy (non-hydrogen) atoms. The molecule has 164 valence electrons. The molecule has 0 aromatic carbocycles. The molecule has 0 radical (unpaired) electrons. The number of anilines is 3. The molecule has 0 saturated carbocycles. The quantitative estimate of drug-likeness (QED) is 0.622. The van der Waals surface area contributed by atoms with Gasteiger partial charge in [-0.05, 0) is 30.7 Å². The second-order valence-electron chi connectivity index (χ2n) is 7.66. The van der Waals surface area contributed by atoms with Crippen molar-refractivity contribution in [3.63, 3.8) is 0 Å². The Balaban J connectivity index is 1.63. The number of fused-ring (bicyclic) bond motifs is 4. The van der Waals surface area contributed by atoms with E-state index in [2.05, 4.69) is 36.1 Å². The Morgan fingerprint density at radius 3 is 2.81 bits per heavy atom. The number of hydrogen-bond acceptors (Lipinski definition) is 5. The third-order valence-electron chi connectivity index (χ3n) is 5.46. The lowest BCUT2D eigenvalue weighted by Crippen LogP contribution is -2.48. The Morgan fingerprint density at radius 1 is 1.32 bits per heavy atom. The van der Waals surface area contributed by atoms with Crippen LogP contribution in [0, 0.1) is 5.92 Å². The van der Waals surface area contributed by atoms with Crippen LogP contribution in [-0.2, 0) is 0 Å². The van der Waals surface area contributed by atoms with Gasteiger partial charge in [-0.3, -0.25) is 15.0 Å². The number of Topliss-reactive ketones (excluding diaryl/α,β-unsaturated/α-hetero) is 1. The van der Waals surface area contributed by atoms with Gasteiger partial charge in [0.25, 0.3) is 0 Å². The summed E-state index contributed by atoms with van der Waals surface area (Å²) < 4.78 is 39.3. The van der Waals surface area contributed by atoms with E-state index in [0.29, 0.717) is 24.5 Å². The van der Waals surface area contributed by atoms with Crippen molar-refractivity contribution >= 4 is 45.1 Å². The Bertz CT molecular complexity index is 1030. The standard InChI is InChI=1S/C20H19BrF3N5O2/c1-11(20(22,23)24)8-16(30)14-2-3-15-18(26-14)29(13-5-7-28(15)10-13)19(31)27-17-9-12(21)4-6-25-17/h2-4,6,9,11,13H,5,7-8,10H2,1H3,(H,25,27,31)/t11-,13+/m1/s1. The van der Waals surface area contributed by atoms with E-state index >= 15 is 0 Å². The maximum Gasteiger partial charge on any atom is 0.391 e. The fourth-order valence-electron chi connectivity index (χ4n) is 3.77. The summed E-state index contributed by atoms with van der Waals surface area (Å²) in [4.78, 5) is 37.5. The number of nitrogens with one attached hydrogen (secondary N) is 1. The van der Waals surface area contributed by atoms with E-state index in [1.807, 2.05) is 0 Å². The number of rotatable bonds is 4. The van der Waals surface area contributed by atoms with Gasteiger partial charge in [0.05, 0.1) is 17.6 Å². The van der Waals surface area contributed by atoms with Crippen LogP contribution < -0.4 is 15.1 Å².